The van der Waals surface area contributed by atoms with Crippen molar-refractivity contribution in [2.45, 2.75) is 24.2 Å². The van der Waals surface area contributed by atoms with Gasteiger partial charge in [0.25, 0.3) is 5.91 Å². The summed E-state index contributed by atoms with van der Waals surface area (Å²) in [5.74, 6) is -0.222. The van der Waals surface area contributed by atoms with Crippen LogP contribution in [0.3, 0.4) is 0 Å². The van der Waals surface area contributed by atoms with Gasteiger partial charge in [0.1, 0.15) is 0 Å². The molecule has 0 fully saturated rings. The van der Waals surface area contributed by atoms with Gasteiger partial charge in [-0.3, -0.25) is 4.79 Å². The van der Waals surface area contributed by atoms with Crippen LogP contribution in [0.4, 0.5) is 0 Å². The molecule has 1 aromatic carbocycles. The van der Waals surface area contributed by atoms with Gasteiger partial charge in [0.2, 0.25) is 0 Å². The van der Waals surface area contributed by atoms with Crippen molar-refractivity contribution >= 4 is 38.3 Å². The molecule has 106 valence electrons. The largest absolute Gasteiger partial charge is 0.352 e. The van der Waals surface area contributed by atoms with Crippen molar-refractivity contribution in [3.8, 4) is 0 Å². The summed E-state index contributed by atoms with van der Waals surface area (Å²) in [7, 11) is -3.27. The van der Waals surface area contributed by atoms with Crippen molar-refractivity contribution in [2.24, 2.45) is 0 Å². The lowest BCUT2D eigenvalue weighted by molar-refractivity contribution is 0.0953. The first-order chi connectivity index (χ1) is 8.95. The number of carbonyl (C=O) groups excluding carboxylic acids is 1. The van der Waals surface area contributed by atoms with Crippen LogP contribution < -0.4 is 5.32 Å². The Morgan fingerprint density at radius 1 is 1.26 bits per heavy atom. The number of nitrogens with one attached hydrogen (secondary N) is 1. The van der Waals surface area contributed by atoms with Crippen LogP contribution in [0.5, 0.6) is 0 Å². The number of alkyl halides is 1. The van der Waals surface area contributed by atoms with Gasteiger partial charge in [0.05, 0.1) is 4.90 Å². The first kappa shape index (κ1) is 16.4. The molecule has 0 heterocycles. The Balaban J connectivity index is 2.58. The van der Waals surface area contributed by atoms with Gasteiger partial charge in [-0.05, 0) is 35.5 Å². The van der Waals surface area contributed by atoms with E-state index >= 15 is 0 Å². The van der Waals surface area contributed by atoms with E-state index in [1.807, 2.05) is 0 Å². The lowest BCUT2D eigenvalue weighted by Crippen LogP contribution is -2.24. The third-order valence-electron chi connectivity index (χ3n) is 2.62. The van der Waals surface area contributed by atoms with Crippen molar-refractivity contribution in [2.75, 3.05) is 17.2 Å². The summed E-state index contributed by atoms with van der Waals surface area (Å²) in [5.41, 5.74) is 0.386. The Labute approximate surface area is 128 Å². The molecule has 0 radical (unpaired) electrons. The maximum absolute atomic E-state index is 11.8. The number of carbonyl (C=O) groups is 1. The van der Waals surface area contributed by atoms with E-state index in [0.29, 0.717) is 12.1 Å². The first-order valence-corrected chi connectivity index (χ1v) is 9.51. The topological polar surface area (TPSA) is 63.2 Å². The van der Waals surface area contributed by atoms with E-state index in [1.165, 1.54) is 12.1 Å². The predicted octanol–water partition coefficient (Wildman–Crippen LogP) is 2.43. The number of hydrogen-bond donors (Lipinski definition) is 1. The molecule has 0 aromatic heterocycles. The average Bonchev–Trinajstić information content (AvgIpc) is 2.37. The van der Waals surface area contributed by atoms with Gasteiger partial charge >= 0.3 is 0 Å². The number of benzene rings is 1. The third-order valence-corrected chi connectivity index (χ3v) is 4.49. The van der Waals surface area contributed by atoms with Crippen molar-refractivity contribution in [1.29, 1.82) is 0 Å². The zero-order valence-corrected chi connectivity index (χ0v) is 13.8. The van der Waals surface area contributed by atoms with E-state index in [2.05, 4.69) is 27.9 Å². The third kappa shape index (κ3) is 5.90. The molecule has 1 rings (SSSR count). The zero-order valence-electron chi connectivity index (χ0n) is 10.9. The molecule has 0 spiro atoms. The highest BCUT2D eigenvalue weighted by Crippen LogP contribution is 2.11. The maximum atomic E-state index is 11.8. The van der Waals surface area contributed by atoms with Crippen LogP contribution in [0, 0.1) is 0 Å². The normalized spacial score (nSPS) is 11.3. The molecule has 0 saturated carbocycles. The molecule has 0 bridgehead atoms. The van der Waals surface area contributed by atoms with Crippen LogP contribution in [0.1, 0.15) is 29.6 Å². The van der Waals surface area contributed by atoms with Gasteiger partial charge in [-0.1, -0.05) is 35.1 Å². The van der Waals surface area contributed by atoms with Crippen molar-refractivity contribution in [3.05, 3.63) is 29.8 Å². The SMILES string of the molecule is CS(=O)(=O)c1cccc(C(=O)NCCCCCI)c1. The standard InChI is InChI=1S/C13H18INO3S/c1-19(17,18)12-7-5-6-11(10-12)13(16)15-9-4-2-3-8-14/h5-7,10H,2-4,8-9H2,1H3,(H,15,16). The van der Waals surface area contributed by atoms with Crippen LogP contribution in [0.2, 0.25) is 0 Å². The minimum absolute atomic E-state index is 0.171. The fourth-order valence-corrected chi connectivity index (χ4v) is 2.77. The molecule has 0 atom stereocenters. The van der Waals surface area contributed by atoms with E-state index in [9.17, 15) is 13.2 Å². The van der Waals surface area contributed by atoms with Crippen molar-refractivity contribution in [1.82, 2.24) is 5.32 Å². The summed E-state index contributed by atoms with van der Waals surface area (Å²) in [6.07, 6.45) is 4.32. The lowest BCUT2D eigenvalue weighted by Gasteiger charge is -2.06. The summed E-state index contributed by atoms with van der Waals surface area (Å²) in [6.45, 7) is 0.624. The van der Waals surface area contributed by atoms with E-state index < -0.39 is 9.84 Å². The number of halogens is 1. The molecule has 0 saturated heterocycles. The number of rotatable bonds is 7. The van der Waals surface area contributed by atoms with E-state index in [1.54, 1.807) is 12.1 Å². The molecular formula is C13H18INO3S. The molecule has 0 unspecified atom stereocenters. The van der Waals surface area contributed by atoms with Crippen LogP contribution in [-0.2, 0) is 9.84 Å². The molecule has 1 N–H and O–H groups in total. The summed E-state index contributed by atoms with van der Waals surface area (Å²) >= 11 is 2.33. The molecule has 0 aliphatic carbocycles. The minimum atomic E-state index is -3.27. The smallest absolute Gasteiger partial charge is 0.251 e. The summed E-state index contributed by atoms with van der Waals surface area (Å²) in [5, 5.41) is 2.80. The predicted molar refractivity (Wildman–Crippen MR) is 84.6 cm³/mol. The lowest BCUT2D eigenvalue weighted by atomic mass is 10.2. The number of hydrogen-bond acceptors (Lipinski definition) is 3. The first-order valence-electron chi connectivity index (χ1n) is 6.09. The summed E-state index contributed by atoms with van der Waals surface area (Å²) < 4.78 is 23.9. The molecule has 0 aliphatic rings. The zero-order chi connectivity index (χ0) is 14.3. The Kier molecular flexibility index (Phi) is 6.78. The maximum Gasteiger partial charge on any atom is 0.251 e. The highest BCUT2D eigenvalue weighted by atomic mass is 127. The molecule has 4 nitrogen and oxygen atoms in total. The molecule has 6 heteroatoms. The van der Waals surface area contributed by atoms with Gasteiger partial charge < -0.3 is 5.32 Å². The molecular weight excluding hydrogens is 377 g/mol. The fraction of sp³-hybridized carbons (Fsp3) is 0.462. The Bertz CT molecular complexity index is 528. The number of sulfone groups is 1. The van der Waals surface area contributed by atoms with E-state index in [-0.39, 0.29) is 10.8 Å². The van der Waals surface area contributed by atoms with Gasteiger partial charge in [-0.2, -0.15) is 0 Å². The minimum Gasteiger partial charge on any atom is -0.352 e. The number of amides is 1. The second-order valence-electron chi connectivity index (χ2n) is 4.31. The van der Waals surface area contributed by atoms with E-state index in [4.69, 9.17) is 0 Å². The van der Waals surface area contributed by atoms with Gasteiger partial charge in [-0.25, -0.2) is 8.42 Å². The second-order valence-corrected chi connectivity index (χ2v) is 7.40. The summed E-state index contributed by atoms with van der Waals surface area (Å²) in [4.78, 5) is 12.0. The summed E-state index contributed by atoms with van der Waals surface area (Å²) in [6, 6.07) is 6.11. The highest BCUT2D eigenvalue weighted by Gasteiger charge is 2.11. The molecule has 1 aromatic rings. The van der Waals surface area contributed by atoms with Gasteiger partial charge in [0, 0.05) is 18.4 Å². The molecule has 19 heavy (non-hydrogen) atoms. The fourth-order valence-electron chi connectivity index (χ4n) is 1.57. The quantitative estimate of drug-likeness (QED) is 0.438. The van der Waals surface area contributed by atoms with Gasteiger partial charge in [-0.15, -0.1) is 0 Å². The van der Waals surface area contributed by atoms with Crippen LogP contribution >= 0.6 is 22.6 Å². The Morgan fingerprint density at radius 2 is 2.00 bits per heavy atom. The van der Waals surface area contributed by atoms with Crippen molar-refractivity contribution < 1.29 is 13.2 Å². The number of unbranched alkanes of at least 4 members (excludes halogenated alkanes) is 2. The highest BCUT2D eigenvalue weighted by molar-refractivity contribution is 14.1. The Morgan fingerprint density at radius 3 is 2.63 bits per heavy atom. The van der Waals surface area contributed by atoms with Crippen molar-refractivity contribution in [3.63, 3.8) is 0 Å². The molecule has 0 aliphatic heterocycles. The average molecular weight is 395 g/mol. The Hall–Kier alpha value is -0.630. The van der Waals surface area contributed by atoms with Crippen LogP contribution in [0.15, 0.2) is 29.2 Å². The molecule has 1 amide bonds. The van der Waals surface area contributed by atoms with Gasteiger partial charge in [0.15, 0.2) is 9.84 Å². The van der Waals surface area contributed by atoms with Crippen LogP contribution in [0.25, 0.3) is 0 Å². The van der Waals surface area contributed by atoms with E-state index in [0.717, 1.165) is 29.9 Å². The van der Waals surface area contributed by atoms with Crippen LogP contribution in [-0.4, -0.2) is 31.6 Å². The second kappa shape index (κ2) is 7.84. The monoisotopic (exact) mass is 395 g/mol.